The van der Waals surface area contributed by atoms with Crippen molar-refractivity contribution in [3.05, 3.63) is 32.8 Å². The molecule has 82 valence electrons. The normalized spacial score (nSPS) is 11.2. The molecule has 1 aromatic rings. The van der Waals surface area contributed by atoms with Gasteiger partial charge in [-0.1, -0.05) is 6.07 Å². The smallest absolute Gasteiger partial charge is 0.411 e. The minimum atomic E-state index is -3.99. The Morgan fingerprint density at radius 1 is 1.53 bits per heavy atom. The molecule has 4 nitrogen and oxygen atoms in total. The van der Waals surface area contributed by atoms with Crippen molar-refractivity contribution in [3.63, 3.8) is 0 Å². The lowest BCUT2D eigenvalue weighted by molar-refractivity contribution is -0.386. The number of benzene rings is 1. The van der Waals surface area contributed by atoms with E-state index in [-0.39, 0.29) is 4.47 Å². The fraction of sp³-hybridized carbons (Fsp3) is 0.143. The minimum absolute atomic E-state index is 0.0250. The monoisotopic (exact) mass is 301 g/mol. The number of hydrogen-bond acceptors (Lipinski definition) is 3. The van der Waals surface area contributed by atoms with Crippen LogP contribution in [0.5, 0.6) is 5.75 Å². The Balaban J connectivity index is 3.19. The first-order valence-electron chi connectivity index (χ1n) is 3.50. The summed E-state index contributed by atoms with van der Waals surface area (Å²) in [5.74, 6) is -0.609. The number of alkyl halides is 3. The van der Waals surface area contributed by atoms with Crippen LogP contribution in [0.15, 0.2) is 22.7 Å². The van der Waals surface area contributed by atoms with Crippen LogP contribution in [-0.2, 0) is 0 Å². The maximum Gasteiger partial charge on any atom is 0.487 e. The average molecular weight is 302 g/mol. The largest absolute Gasteiger partial charge is 0.487 e. The van der Waals surface area contributed by atoms with Gasteiger partial charge in [0.2, 0.25) is 5.75 Å². The van der Waals surface area contributed by atoms with E-state index in [1.54, 1.807) is 0 Å². The molecular formula is C7H3BrClF2NO3. The quantitative estimate of drug-likeness (QED) is 0.487. The summed E-state index contributed by atoms with van der Waals surface area (Å²) in [6, 6.07) is 3.68. The van der Waals surface area contributed by atoms with Crippen LogP contribution < -0.4 is 4.74 Å². The summed E-state index contributed by atoms with van der Waals surface area (Å²) in [6.45, 7) is 0. The summed E-state index contributed by atoms with van der Waals surface area (Å²) in [4.78, 5) is 9.63. The van der Waals surface area contributed by atoms with Gasteiger partial charge in [-0.15, -0.1) is 8.78 Å². The van der Waals surface area contributed by atoms with Crippen LogP contribution in [0.3, 0.4) is 0 Å². The average Bonchev–Trinajstić information content (AvgIpc) is 2.05. The highest BCUT2D eigenvalue weighted by Crippen LogP contribution is 2.38. The summed E-state index contributed by atoms with van der Waals surface area (Å²) >= 11 is 7.36. The van der Waals surface area contributed by atoms with Crippen LogP contribution in [0, 0.1) is 10.1 Å². The van der Waals surface area contributed by atoms with Crippen molar-refractivity contribution in [2.75, 3.05) is 0 Å². The molecule has 15 heavy (non-hydrogen) atoms. The number of nitrogens with zero attached hydrogens (tertiary/aromatic N) is 1. The van der Waals surface area contributed by atoms with E-state index in [1.165, 1.54) is 12.1 Å². The van der Waals surface area contributed by atoms with Crippen molar-refractivity contribution < 1.29 is 18.4 Å². The van der Waals surface area contributed by atoms with Crippen molar-refractivity contribution in [2.24, 2.45) is 0 Å². The molecule has 0 saturated carbocycles. The third kappa shape index (κ3) is 3.28. The summed E-state index contributed by atoms with van der Waals surface area (Å²) in [5, 5.41) is 10.5. The van der Waals surface area contributed by atoms with Gasteiger partial charge in [0, 0.05) is 17.7 Å². The van der Waals surface area contributed by atoms with Crippen molar-refractivity contribution in [1.29, 1.82) is 0 Å². The zero-order valence-electron chi connectivity index (χ0n) is 6.92. The van der Waals surface area contributed by atoms with Gasteiger partial charge in [0.15, 0.2) is 0 Å². The number of nitro benzene ring substituents is 1. The second kappa shape index (κ2) is 4.28. The number of hydrogen-bond donors (Lipinski definition) is 0. The first-order valence-corrected chi connectivity index (χ1v) is 4.67. The van der Waals surface area contributed by atoms with Crippen molar-refractivity contribution in [1.82, 2.24) is 0 Å². The highest BCUT2D eigenvalue weighted by atomic mass is 79.9. The van der Waals surface area contributed by atoms with Crippen LogP contribution >= 0.6 is 27.5 Å². The Morgan fingerprint density at radius 3 is 2.60 bits per heavy atom. The first kappa shape index (κ1) is 12.1. The van der Waals surface area contributed by atoms with Crippen LogP contribution in [0.2, 0.25) is 0 Å². The zero-order valence-corrected chi connectivity index (χ0v) is 9.26. The second-order valence-electron chi connectivity index (χ2n) is 2.39. The van der Waals surface area contributed by atoms with Gasteiger partial charge < -0.3 is 4.74 Å². The van der Waals surface area contributed by atoms with Crippen LogP contribution in [-0.4, -0.2) is 10.5 Å². The molecule has 0 aliphatic heterocycles. The minimum Gasteiger partial charge on any atom is -0.411 e. The lowest BCUT2D eigenvalue weighted by atomic mass is 10.3. The number of halogens is 4. The van der Waals surface area contributed by atoms with Crippen molar-refractivity contribution in [2.45, 2.75) is 5.57 Å². The summed E-state index contributed by atoms with van der Waals surface area (Å²) in [6.07, 6.45) is 0. The summed E-state index contributed by atoms with van der Waals surface area (Å²) in [5.41, 5.74) is -4.58. The molecule has 0 spiro atoms. The molecule has 0 N–H and O–H groups in total. The number of para-hydroxylation sites is 1. The Labute approximate surface area is 96.1 Å². The molecule has 0 amide bonds. The second-order valence-corrected chi connectivity index (χ2v) is 3.69. The lowest BCUT2D eigenvalue weighted by Gasteiger charge is -2.11. The molecule has 0 aliphatic rings. The molecule has 1 rings (SSSR count). The lowest BCUT2D eigenvalue weighted by Crippen LogP contribution is -2.16. The fourth-order valence-corrected chi connectivity index (χ4v) is 1.37. The van der Waals surface area contributed by atoms with Crippen LogP contribution in [0.25, 0.3) is 0 Å². The standard InChI is InChI=1S/C7H3BrClF2NO3/c8-4-2-1-3-5(12(13)14)6(4)15-7(9,10)11/h1-3H. The molecule has 8 heteroatoms. The van der Waals surface area contributed by atoms with Gasteiger partial charge in [0.25, 0.3) is 0 Å². The predicted molar refractivity (Wildman–Crippen MR) is 52.2 cm³/mol. The van der Waals surface area contributed by atoms with E-state index in [4.69, 9.17) is 0 Å². The molecule has 0 unspecified atom stereocenters. The van der Waals surface area contributed by atoms with Gasteiger partial charge in [0.05, 0.1) is 9.40 Å². The van der Waals surface area contributed by atoms with E-state index >= 15 is 0 Å². The topological polar surface area (TPSA) is 52.4 Å². The molecule has 0 radical (unpaired) electrons. The number of nitro groups is 1. The van der Waals surface area contributed by atoms with Gasteiger partial charge in [-0.25, -0.2) is 0 Å². The van der Waals surface area contributed by atoms with Gasteiger partial charge in [-0.2, -0.15) is 0 Å². The van der Waals surface area contributed by atoms with E-state index in [9.17, 15) is 18.9 Å². The van der Waals surface area contributed by atoms with Crippen molar-refractivity contribution in [3.8, 4) is 5.75 Å². The molecular weight excluding hydrogens is 299 g/mol. The molecule has 0 fully saturated rings. The fourth-order valence-electron chi connectivity index (χ4n) is 0.858. The molecule has 0 saturated heterocycles. The molecule has 0 bridgehead atoms. The van der Waals surface area contributed by atoms with Gasteiger partial charge in [-0.3, -0.25) is 10.1 Å². The van der Waals surface area contributed by atoms with Gasteiger partial charge >= 0.3 is 11.3 Å². The predicted octanol–water partition coefficient (Wildman–Crippen LogP) is 3.53. The van der Waals surface area contributed by atoms with Gasteiger partial charge in [0.1, 0.15) is 0 Å². The summed E-state index contributed by atoms with van der Waals surface area (Å²) < 4.78 is 28.7. The third-order valence-electron chi connectivity index (χ3n) is 1.36. The van der Waals surface area contributed by atoms with Crippen molar-refractivity contribution >= 4 is 33.2 Å². The first-order chi connectivity index (χ1) is 6.81. The SMILES string of the molecule is O=[N+]([O-])c1cccc(Br)c1OC(F)(F)Cl. The van der Waals surface area contributed by atoms with E-state index in [0.717, 1.165) is 6.07 Å². The maximum atomic E-state index is 12.3. The van der Waals surface area contributed by atoms with Crippen LogP contribution in [0.4, 0.5) is 14.5 Å². The molecule has 0 heterocycles. The third-order valence-corrected chi connectivity index (χ3v) is 2.06. The number of rotatable bonds is 3. The Kier molecular flexibility index (Phi) is 3.46. The maximum absolute atomic E-state index is 12.3. The molecule has 0 aromatic heterocycles. The van der Waals surface area contributed by atoms with E-state index in [0.29, 0.717) is 0 Å². The zero-order chi connectivity index (χ0) is 11.6. The summed E-state index contributed by atoms with van der Waals surface area (Å²) in [7, 11) is 0. The van der Waals surface area contributed by atoms with E-state index < -0.39 is 21.9 Å². The highest BCUT2D eigenvalue weighted by Gasteiger charge is 2.32. The molecule has 1 aromatic carbocycles. The van der Waals surface area contributed by atoms with Gasteiger partial charge in [-0.05, 0) is 22.0 Å². The highest BCUT2D eigenvalue weighted by molar-refractivity contribution is 9.10. The number of ether oxygens (including phenoxy) is 1. The molecule has 0 aliphatic carbocycles. The van der Waals surface area contributed by atoms with Crippen LogP contribution in [0.1, 0.15) is 0 Å². The Hall–Kier alpha value is -0.950. The van der Waals surface area contributed by atoms with E-state index in [1.807, 2.05) is 0 Å². The molecule has 0 atom stereocenters. The Morgan fingerprint density at radius 2 is 2.13 bits per heavy atom. The Bertz CT molecular complexity index is 396. The van der Waals surface area contributed by atoms with E-state index in [2.05, 4.69) is 32.3 Å².